The van der Waals surface area contributed by atoms with Crippen LogP contribution in [0.2, 0.25) is 0 Å². The van der Waals surface area contributed by atoms with Crippen LogP contribution in [0.1, 0.15) is 5.89 Å². The molecule has 0 aliphatic heterocycles. The van der Waals surface area contributed by atoms with Crippen molar-refractivity contribution in [2.75, 3.05) is 6.26 Å². The number of fused-ring (bicyclic) bond motifs is 2. The molecular weight excluding hydrogens is 506 g/mol. The van der Waals surface area contributed by atoms with Gasteiger partial charge in [-0.05, 0) is 35.9 Å². The highest BCUT2D eigenvalue weighted by Crippen LogP contribution is 2.34. The van der Waals surface area contributed by atoms with Crippen molar-refractivity contribution in [2.24, 2.45) is 0 Å². The summed E-state index contributed by atoms with van der Waals surface area (Å²) in [7, 11) is -7.90. The van der Waals surface area contributed by atoms with Gasteiger partial charge in [0.15, 0.2) is 5.58 Å². The Balaban J connectivity index is 1.60. The van der Waals surface area contributed by atoms with E-state index in [2.05, 4.69) is 4.98 Å². The zero-order valence-corrected chi connectivity index (χ0v) is 20.4. The number of aromatic nitrogens is 2. The lowest BCUT2D eigenvalue weighted by Gasteiger charge is -2.13. The number of carbonyl (C=O) groups is 1. The second kappa shape index (κ2) is 8.50. The van der Waals surface area contributed by atoms with Crippen LogP contribution in [0.15, 0.2) is 88.3 Å². The molecule has 0 saturated carbocycles. The van der Waals surface area contributed by atoms with Crippen molar-refractivity contribution in [3.8, 4) is 11.1 Å². The van der Waals surface area contributed by atoms with E-state index in [1.54, 1.807) is 54.7 Å². The summed E-state index contributed by atoms with van der Waals surface area (Å²) in [6.07, 6.45) is 0.676. The maximum absolute atomic E-state index is 13.4. The smallest absolute Gasteiger partial charge is 0.421 e. The molecule has 0 bridgehead atoms. The number of oxazole rings is 1. The lowest BCUT2D eigenvalue weighted by Crippen LogP contribution is -2.34. The van der Waals surface area contributed by atoms with Gasteiger partial charge in [-0.1, -0.05) is 42.5 Å². The average Bonchev–Trinajstić information content (AvgIpc) is 3.43. The fourth-order valence-corrected chi connectivity index (χ4v) is 5.96. The van der Waals surface area contributed by atoms with Crippen LogP contribution in [-0.2, 0) is 26.6 Å². The summed E-state index contributed by atoms with van der Waals surface area (Å²) in [6.45, 7) is -0.577. The van der Waals surface area contributed by atoms with Gasteiger partial charge in [0.1, 0.15) is 12.1 Å². The van der Waals surface area contributed by atoms with Gasteiger partial charge in [-0.25, -0.2) is 30.6 Å². The predicted molar refractivity (Wildman–Crippen MR) is 132 cm³/mol. The van der Waals surface area contributed by atoms with Gasteiger partial charge < -0.3 is 9.52 Å². The zero-order chi connectivity index (χ0) is 25.7. The minimum Gasteiger partial charge on any atom is -0.464 e. The molecule has 0 fully saturated rings. The largest absolute Gasteiger partial charge is 0.464 e. The Morgan fingerprint density at radius 3 is 2.39 bits per heavy atom. The van der Waals surface area contributed by atoms with E-state index in [1.807, 2.05) is 12.1 Å². The van der Waals surface area contributed by atoms with Crippen molar-refractivity contribution in [2.45, 2.75) is 11.4 Å². The first kappa shape index (κ1) is 23.6. The molecule has 0 aliphatic carbocycles. The third-order valence-corrected chi connectivity index (χ3v) is 8.39. The minimum absolute atomic E-state index is 0.0935. The number of para-hydroxylation sites is 1. The SMILES string of the molecule is CS(=O)(=O)N(Cc1nc2ccc(-c3cn(S(=O)(=O)c4ccccc4)c4ccccc34)cc2o1)C(=O)O. The van der Waals surface area contributed by atoms with Crippen molar-refractivity contribution in [1.29, 1.82) is 0 Å². The second-order valence-electron chi connectivity index (χ2n) is 8.02. The summed E-state index contributed by atoms with van der Waals surface area (Å²) in [5.41, 5.74) is 2.46. The molecular formula is C24H19N3O7S2. The maximum Gasteiger partial charge on any atom is 0.421 e. The number of sulfonamides is 1. The van der Waals surface area contributed by atoms with Crippen LogP contribution in [0.25, 0.3) is 33.1 Å². The van der Waals surface area contributed by atoms with E-state index in [-0.39, 0.29) is 15.1 Å². The molecule has 0 spiro atoms. The van der Waals surface area contributed by atoms with E-state index >= 15 is 0 Å². The van der Waals surface area contributed by atoms with E-state index < -0.39 is 32.7 Å². The third-order valence-electron chi connectivity index (χ3n) is 5.61. The molecule has 1 N–H and O–H groups in total. The molecule has 5 aromatic rings. The molecule has 10 nitrogen and oxygen atoms in total. The summed E-state index contributed by atoms with van der Waals surface area (Å²) in [5, 5.41) is 9.91. The third kappa shape index (κ3) is 4.10. The van der Waals surface area contributed by atoms with Gasteiger partial charge in [0.2, 0.25) is 15.9 Å². The van der Waals surface area contributed by atoms with Crippen LogP contribution >= 0.6 is 0 Å². The molecule has 12 heteroatoms. The maximum atomic E-state index is 13.4. The van der Waals surface area contributed by atoms with Gasteiger partial charge in [0.25, 0.3) is 10.0 Å². The highest BCUT2D eigenvalue weighted by molar-refractivity contribution is 7.90. The Morgan fingerprint density at radius 1 is 1.00 bits per heavy atom. The molecule has 0 radical (unpaired) electrons. The number of amides is 1. The van der Waals surface area contributed by atoms with Crippen molar-refractivity contribution in [1.82, 2.24) is 13.3 Å². The van der Waals surface area contributed by atoms with Crippen LogP contribution in [0.4, 0.5) is 4.79 Å². The normalized spacial score (nSPS) is 12.2. The number of carboxylic acid groups (broad SMARTS) is 1. The van der Waals surface area contributed by atoms with Gasteiger partial charge >= 0.3 is 6.09 Å². The quantitative estimate of drug-likeness (QED) is 0.349. The van der Waals surface area contributed by atoms with Crippen LogP contribution in [0.5, 0.6) is 0 Å². The number of rotatable bonds is 6. The lowest BCUT2D eigenvalue weighted by molar-refractivity contribution is 0.168. The number of hydrogen-bond acceptors (Lipinski definition) is 7. The van der Waals surface area contributed by atoms with Crippen LogP contribution in [0, 0.1) is 0 Å². The Labute approximate surface area is 206 Å². The second-order valence-corrected chi connectivity index (χ2v) is 11.7. The minimum atomic E-state index is -4.04. The first-order valence-electron chi connectivity index (χ1n) is 10.6. The average molecular weight is 526 g/mol. The number of nitrogens with zero attached hydrogens (tertiary/aromatic N) is 3. The molecule has 0 aliphatic rings. The molecule has 3 aromatic carbocycles. The van der Waals surface area contributed by atoms with E-state index in [0.717, 1.165) is 6.26 Å². The van der Waals surface area contributed by atoms with Gasteiger partial charge in [0, 0.05) is 17.1 Å². The summed E-state index contributed by atoms with van der Waals surface area (Å²) in [6, 6.07) is 20.2. The zero-order valence-electron chi connectivity index (χ0n) is 18.8. The van der Waals surface area contributed by atoms with Crippen LogP contribution in [-0.4, -0.2) is 47.6 Å². The summed E-state index contributed by atoms with van der Waals surface area (Å²) >= 11 is 0. The van der Waals surface area contributed by atoms with Crippen molar-refractivity contribution in [3.63, 3.8) is 0 Å². The fraction of sp³-hybridized carbons (Fsp3) is 0.0833. The molecule has 184 valence electrons. The van der Waals surface area contributed by atoms with Crippen LogP contribution in [0.3, 0.4) is 0 Å². The van der Waals surface area contributed by atoms with Crippen molar-refractivity contribution in [3.05, 3.63) is 84.9 Å². The Kier molecular flexibility index (Phi) is 5.57. The molecule has 0 saturated heterocycles. The first-order valence-corrected chi connectivity index (χ1v) is 13.9. The Hall–Kier alpha value is -4.16. The van der Waals surface area contributed by atoms with Gasteiger partial charge in [-0.15, -0.1) is 0 Å². The van der Waals surface area contributed by atoms with E-state index in [0.29, 0.717) is 33.1 Å². The van der Waals surface area contributed by atoms with Gasteiger partial charge in [-0.3, -0.25) is 0 Å². The number of hydrogen-bond donors (Lipinski definition) is 1. The summed E-state index contributed by atoms with van der Waals surface area (Å²) in [4.78, 5) is 15.7. The molecule has 2 heterocycles. The molecule has 36 heavy (non-hydrogen) atoms. The standard InChI is InChI=1S/C24H19N3O7S2/c1-35(30,31)27(24(28)29)15-23-25-20-12-11-16(13-22(20)34-23)19-14-26(21-10-6-5-9-18(19)21)36(32,33)17-7-3-2-4-8-17/h2-14H,15H2,1H3,(H,28,29). The molecule has 1 amide bonds. The Morgan fingerprint density at radius 2 is 1.69 bits per heavy atom. The summed E-state index contributed by atoms with van der Waals surface area (Å²) < 4.78 is 57.4. The van der Waals surface area contributed by atoms with Crippen molar-refractivity contribution >= 4 is 48.1 Å². The Bertz CT molecular complexity index is 1840. The molecule has 5 rings (SSSR count). The van der Waals surface area contributed by atoms with Crippen LogP contribution < -0.4 is 0 Å². The van der Waals surface area contributed by atoms with E-state index in [1.165, 1.54) is 16.1 Å². The van der Waals surface area contributed by atoms with Gasteiger partial charge in [0.05, 0.1) is 16.7 Å². The topological polar surface area (TPSA) is 140 Å². The molecule has 2 aromatic heterocycles. The predicted octanol–water partition coefficient (Wildman–Crippen LogP) is 4.13. The summed E-state index contributed by atoms with van der Waals surface area (Å²) in [5.74, 6) is -0.0935. The highest BCUT2D eigenvalue weighted by Gasteiger charge is 2.26. The lowest BCUT2D eigenvalue weighted by atomic mass is 10.0. The molecule has 0 atom stereocenters. The van der Waals surface area contributed by atoms with Crippen molar-refractivity contribution < 1.29 is 31.2 Å². The highest BCUT2D eigenvalue weighted by atomic mass is 32.2. The first-order chi connectivity index (χ1) is 17.1. The number of benzene rings is 3. The van der Waals surface area contributed by atoms with E-state index in [9.17, 15) is 26.7 Å². The van der Waals surface area contributed by atoms with Gasteiger partial charge in [-0.2, -0.15) is 4.31 Å². The monoisotopic (exact) mass is 525 g/mol. The molecule has 0 unspecified atom stereocenters. The fourth-order valence-electron chi connectivity index (χ4n) is 3.94. The van der Waals surface area contributed by atoms with E-state index in [4.69, 9.17) is 4.42 Å².